The van der Waals surface area contributed by atoms with Crippen LogP contribution in [0.15, 0.2) is 23.2 Å². The van der Waals surface area contributed by atoms with Crippen molar-refractivity contribution in [3.63, 3.8) is 0 Å². The van der Waals surface area contributed by atoms with Gasteiger partial charge in [0.1, 0.15) is 0 Å². The summed E-state index contributed by atoms with van der Waals surface area (Å²) in [6, 6.07) is 5.50. The van der Waals surface area contributed by atoms with Gasteiger partial charge in [-0.3, -0.25) is 4.99 Å². The first-order valence-electron chi connectivity index (χ1n) is 6.58. The SMILES string of the molecule is CCN(C)CCN=C(N)Nc1ccc(OC)c(OC)c1.I. The summed E-state index contributed by atoms with van der Waals surface area (Å²) in [5.74, 6) is 1.72. The second-order valence-electron chi connectivity index (χ2n) is 4.36. The van der Waals surface area contributed by atoms with Crippen molar-refractivity contribution in [2.45, 2.75) is 6.92 Å². The number of hydrogen-bond acceptors (Lipinski definition) is 4. The second kappa shape index (κ2) is 10.5. The number of benzene rings is 1. The molecule has 0 amide bonds. The molecule has 0 spiro atoms. The zero-order chi connectivity index (χ0) is 15.0. The maximum Gasteiger partial charge on any atom is 0.193 e. The van der Waals surface area contributed by atoms with Crippen LogP contribution in [0, 0.1) is 0 Å². The smallest absolute Gasteiger partial charge is 0.193 e. The van der Waals surface area contributed by atoms with E-state index < -0.39 is 0 Å². The van der Waals surface area contributed by atoms with Crippen LogP contribution in [0.4, 0.5) is 5.69 Å². The molecule has 3 N–H and O–H groups in total. The second-order valence-corrected chi connectivity index (χ2v) is 4.36. The van der Waals surface area contributed by atoms with Gasteiger partial charge in [-0.1, -0.05) is 6.92 Å². The van der Waals surface area contributed by atoms with Crippen LogP contribution in [0.1, 0.15) is 6.92 Å². The van der Waals surface area contributed by atoms with E-state index >= 15 is 0 Å². The average Bonchev–Trinajstić information content (AvgIpc) is 2.46. The van der Waals surface area contributed by atoms with E-state index in [0.29, 0.717) is 24.0 Å². The van der Waals surface area contributed by atoms with Crippen LogP contribution < -0.4 is 20.5 Å². The molecule has 0 aliphatic carbocycles. The first kappa shape index (κ1) is 19.8. The monoisotopic (exact) mass is 408 g/mol. The van der Waals surface area contributed by atoms with E-state index in [1.54, 1.807) is 14.2 Å². The number of anilines is 1. The highest BCUT2D eigenvalue weighted by atomic mass is 127. The minimum Gasteiger partial charge on any atom is -0.493 e. The van der Waals surface area contributed by atoms with Crippen molar-refractivity contribution in [3.05, 3.63) is 18.2 Å². The van der Waals surface area contributed by atoms with Crippen LogP contribution in [-0.4, -0.2) is 51.8 Å². The van der Waals surface area contributed by atoms with Gasteiger partial charge in [0, 0.05) is 18.3 Å². The molecule has 0 saturated heterocycles. The molecule has 0 bridgehead atoms. The Bertz CT molecular complexity index is 455. The molecule has 0 atom stereocenters. The number of likely N-dealkylation sites (N-methyl/N-ethyl adjacent to an activating group) is 1. The molecule has 0 aliphatic rings. The van der Waals surface area contributed by atoms with Gasteiger partial charge in [0.15, 0.2) is 17.5 Å². The number of nitrogens with zero attached hydrogens (tertiary/aromatic N) is 2. The fraction of sp³-hybridized carbons (Fsp3) is 0.500. The van der Waals surface area contributed by atoms with Crippen molar-refractivity contribution >= 4 is 35.6 Å². The lowest BCUT2D eigenvalue weighted by atomic mass is 10.3. The summed E-state index contributed by atoms with van der Waals surface area (Å²) in [5, 5.41) is 3.03. The highest BCUT2D eigenvalue weighted by molar-refractivity contribution is 14.0. The summed E-state index contributed by atoms with van der Waals surface area (Å²) in [6.45, 7) is 4.65. The van der Waals surface area contributed by atoms with E-state index in [0.717, 1.165) is 18.8 Å². The van der Waals surface area contributed by atoms with Crippen molar-refractivity contribution in [2.24, 2.45) is 10.7 Å². The summed E-state index contributed by atoms with van der Waals surface area (Å²) in [6.07, 6.45) is 0. The van der Waals surface area contributed by atoms with Gasteiger partial charge in [0.05, 0.1) is 20.8 Å². The Morgan fingerprint density at radius 3 is 2.52 bits per heavy atom. The summed E-state index contributed by atoms with van der Waals surface area (Å²) >= 11 is 0. The Morgan fingerprint density at radius 2 is 1.95 bits per heavy atom. The molecular formula is C14H25IN4O2. The third-order valence-corrected chi connectivity index (χ3v) is 2.96. The molecule has 0 fully saturated rings. The minimum absolute atomic E-state index is 0. The average molecular weight is 408 g/mol. The first-order chi connectivity index (χ1) is 9.60. The molecule has 0 saturated carbocycles. The number of aliphatic imine (C=N–C) groups is 1. The number of rotatable bonds is 7. The van der Waals surface area contributed by atoms with Gasteiger partial charge >= 0.3 is 0 Å². The van der Waals surface area contributed by atoms with E-state index in [2.05, 4.69) is 22.1 Å². The van der Waals surface area contributed by atoms with Gasteiger partial charge in [-0.05, 0) is 25.7 Å². The molecule has 7 heteroatoms. The third-order valence-electron chi connectivity index (χ3n) is 2.96. The lowest BCUT2D eigenvalue weighted by molar-refractivity contribution is 0.355. The molecule has 6 nitrogen and oxygen atoms in total. The van der Waals surface area contributed by atoms with Crippen LogP contribution in [-0.2, 0) is 0 Å². The van der Waals surface area contributed by atoms with Gasteiger partial charge in [0.2, 0.25) is 0 Å². The standard InChI is InChI=1S/C14H24N4O2.HI/c1-5-18(2)9-8-16-14(15)17-11-6-7-12(19-3)13(10-11)20-4;/h6-7,10H,5,8-9H2,1-4H3,(H3,15,16,17);1H. The zero-order valence-corrected chi connectivity index (χ0v) is 15.4. The van der Waals surface area contributed by atoms with Crippen LogP contribution in [0.2, 0.25) is 0 Å². The van der Waals surface area contributed by atoms with Crippen molar-refractivity contribution in [2.75, 3.05) is 46.2 Å². The number of methoxy groups -OCH3 is 2. The predicted molar refractivity (Wildman–Crippen MR) is 98.2 cm³/mol. The fourth-order valence-electron chi connectivity index (χ4n) is 1.60. The summed E-state index contributed by atoms with van der Waals surface area (Å²) < 4.78 is 10.4. The van der Waals surface area contributed by atoms with Crippen molar-refractivity contribution in [3.8, 4) is 11.5 Å². The lowest BCUT2D eigenvalue weighted by Crippen LogP contribution is -2.26. The number of ether oxygens (including phenoxy) is 2. The number of guanidine groups is 1. The Hall–Kier alpha value is -1.22. The topological polar surface area (TPSA) is 72.1 Å². The quantitative estimate of drug-likeness (QED) is 0.410. The van der Waals surface area contributed by atoms with Gasteiger partial charge in [-0.15, -0.1) is 24.0 Å². The zero-order valence-electron chi connectivity index (χ0n) is 13.0. The maximum absolute atomic E-state index is 5.84. The lowest BCUT2D eigenvalue weighted by Gasteiger charge is -2.13. The Kier molecular flexibility index (Phi) is 9.89. The Balaban J connectivity index is 0.00000400. The van der Waals surface area contributed by atoms with Crippen LogP contribution in [0.5, 0.6) is 11.5 Å². The number of hydrogen-bond donors (Lipinski definition) is 2. The van der Waals surface area contributed by atoms with Crippen molar-refractivity contribution < 1.29 is 9.47 Å². The first-order valence-corrected chi connectivity index (χ1v) is 6.58. The highest BCUT2D eigenvalue weighted by Gasteiger charge is 2.04. The largest absolute Gasteiger partial charge is 0.493 e. The van der Waals surface area contributed by atoms with Gasteiger partial charge in [-0.2, -0.15) is 0 Å². The van der Waals surface area contributed by atoms with Gasteiger partial charge < -0.3 is 25.4 Å². The number of halogens is 1. The van der Waals surface area contributed by atoms with Gasteiger partial charge in [-0.25, -0.2) is 0 Å². The van der Waals surface area contributed by atoms with Crippen molar-refractivity contribution in [1.82, 2.24) is 4.90 Å². The summed E-state index contributed by atoms with van der Waals surface area (Å²) in [7, 11) is 5.25. The number of nitrogens with two attached hydrogens (primary N) is 1. The fourth-order valence-corrected chi connectivity index (χ4v) is 1.60. The highest BCUT2D eigenvalue weighted by Crippen LogP contribution is 2.29. The van der Waals surface area contributed by atoms with Crippen LogP contribution in [0.3, 0.4) is 0 Å². The van der Waals surface area contributed by atoms with E-state index in [9.17, 15) is 0 Å². The molecular weight excluding hydrogens is 383 g/mol. The molecule has 0 radical (unpaired) electrons. The van der Waals surface area contributed by atoms with E-state index in [-0.39, 0.29) is 24.0 Å². The molecule has 21 heavy (non-hydrogen) atoms. The maximum atomic E-state index is 5.84. The van der Waals surface area contributed by atoms with Crippen LogP contribution in [0.25, 0.3) is 0 Å². The van der Waals surface area contributed by atoms with E-state index in [1.807, 2.05) is 25.2 Å². The molecule has 1 aromatic carbocycles. The molecule has 120 valence electrons. The Morgan fingerprint density at radius 1 is 1.29 bits per heavy atom. The molecule has 1 rings (SSSR count). The predicted octanol–water partition coefficient (Wildman–Crippen LogP) is 2.00. The molecule has 0 aliphatic heterocycles. The van der Waals surface area contributed by atoms with E-state index in [1.165, 1.54) is 0 Å². The molecule has 0 heterocycles. The van der Waals surface area contributed by atoms with Crippen molar-refractivity contribution in [1.29, 1.82) is 0 Å². The minimum atomic E-state index is 0. The molecule has 0 aromatic heterocycles. The van der Waals surface area contributed by atoms with Crippen LogP contribution >= 0.6 is 24.0 Å². The summed E-state index contributed by atoms with van der Waals surface area (Å²) in [5.41, 5.74) is 6.66. The molecule has 0 unspecified atom stereocenters. The molecule has 1 aromatic rings. The summed E-state index contributed by atoms with van der Waals surface area (Å²) in [4.78, 5) is 6.45. The normalized spacial score (nSPS) is 11.0. The van der Waals surface area contributed by atoms with Gasteiger partial charge in [0.25, 0.3) is 0 Å². The van der Waals surface area contributed by atoms with E-state index in [4.69, 9.17) is 15.2 Å². The third kappa shape index (κ3) is 6.85. The number of nitrogens with one attached hydrogen (secondary N) is 1. The Labute approximate surface area is 143 Å².